The number of rotatable bonds is 9. The van der Waals surface area contributed by atoms with E-state index in [0.29, 0.717) is 48.2 Å². The Labute approximate surface area is 182 Å². The molecule has 0 atom stereocenters. The first-order valence-corrected chi connectivity index (χ1v) is 11.7. The van der Waals surface area contributed by atoms with Crippen molar-refractivity contribution in [1.82, 2.24) is 0 Å². The van der Waals surface area contributed by atoms with Gasteiger partial charge in [-0.1, -0.05) is 6.92 Å². The molecule has 1 aliphatic rings. The third-order valence-electron chi connectivity index (χ3n) is 4.64. The maximum Gasteiger partial charge on any atom is 0.333 e. The van der Waals surface area contributed by atoms with Gasteiger partial charge in [-0.2, -0.15) is 0 Å². The minimum Gasteiger partial charge on any atom is -0.491 e. The van der Waals surface area contributed by atoms with Crippen molar-refractivity contribution in [2.45, 2.75) is 24.7 Å². The number of esters is 1. The lowest BCUT2D eigenvalue weighted by Crippen LogP contribution is -2.09. The molecule has 0 saturated heterocycles. The summed E-state index contributed by atoms with van der Waals surface area (Å²) in [5, 5.41) is 0. The molecule has 0 saturated carbocycles. The average molecular weight is 447 g/mol. The largest absolute Gasteiger partial charge is 0.491 e. The van der Waals surface area contributed by atoms with Gasteiger partial charge in [0.1, 0.15) is 23.9 Å². The predicted molar refractivity (Wildman–Crippen MR) is 116 cm³/mol. The summed E-state index contributed by atoms with van der Waals surface area (Å²) in [5.74, 6) is 1.05. The van der Waals surface area contributed by atoms with Crippen molar-refractivity contribution in [1.29, 1.82) is 0 Å². The second-order valence-corrected chi connectivity index (χ2v) is 9.04. The molecule has 0 aliphatic carbocycles. The van der Waals surface area contributed by atoms with Gasteiger partial charge >= 0.3 is 5.97 Å². The molecule has 7 nitrogen and oxygen atoms in total. The molecule has 0 bridgehead atoms. The highest BCUT2D eigenvalue weighted by Gasteiger charge is 2.25. The Balaban J connectivity index is 1.73. The minimum absolute atomic E-state index is 0.102. The van der Waals surface area contributed by atoms with Gasteiger partial charge in [0, 0.05) is 12.2 Å². The quantitative estimate of drug-likeness (QED) is 0.425. The Morgan fingerprint density at radius 1 is 0.968 bits per heavy atom. The smallest absolute Gasteiger partial charge is 0.333 e. The van der Waals surface area contributed by atoms with Crippen molar-refractivity contribution in [2.75, 3.05) is 32.7 Å². The number of ether oxygens (including phenoxy) is 4. The summed E-state index contributed by atoms with van der Waals surface area (Å²) >= 11 is 0. The maximum atomic E-state index is 12.6. The fourth-order valence-electron chi connectivity index (χ4n) is 3.10. The van der Waals surface area contributed by atoms with Crippen LogP contribution in [0.1, 0.15) is 25.3 Å². The Morgan fingerprint density at radius 2 is 1.68 bits per heavy atom. The van der Waals surface area contributed by atoms with Gasteiger partial charge in [0.15, 0.2) is 9.84 Å². The monoisotopic (exact) mass is 446 g/mol. The van der Waals surface area contributed by atoms with Gasteiger partial charge in [0.05, 0.1) is 24.4 Å². The van der Waals surface area contributed by atoms with Crippen LogP contribution in [0.15, 0.2) is 52.9 Å². The van der Waals surface area contributed by atoms with E-state index in [1.54, 1.807) is 42.5 Å². The standard InChI is InChI=1S/C23H26O7S/c1-3-11-28-12-13-29-19-4-6-20(7-5-19)30-21-8-9-22-18(16-21)15-17(23(24)27-2)10-14-31(22,25)26/h4-9,15-16H,3,10-14H2,1-2H3. The second-order valence-electron chi connectivity index (χ2n) is 6.96. The normalized spacial score (nSPS) is 14.7. The summed E-state index contributed by atoms with van der Waals surface area (Å²) < 4.78 is 46.7. The second kappa shape index (κ2) is 10.5. The molecule has 0 spiro atoms. The molecule has 0 unspecified atom stereocenters. The number of benzene rings is 2. The molecule has 2 aromatic carbocycles. The van der Waals surface area contributed by atoms with Crippen LogP contribution in [0.25, 0.3) is 6.08 Å². The van der Waals surface area contributed by atoms with Crippen LogP contribution < -0.4 is 9.47 Å². The zero-order chi connectivity index (χ0) is 22.3. The highest BCUT2D eigenvalue weighted by molar-refractivity contribution is 7.91. The molecule has 2 aromatic rings. The van der Waals surface area contributed by atoms with Crippen molar-refractivity contribution in [3.05, 3.63) is 53.6 Å². The van der Waals surface area contributed by atoms with Gasteiger partial charge < -0.3 is 18.9 Å². The lowest BCUT2D eigenvalue weighted by atomic mass is 10.1. The molecule has 0 fully saturated rings. The number of methoxy groups -OCH3 is 1. The summed E-state index contributed by atoms with van der Waals surface area (Å²) in [4.78, 5) is 12.1. The fourth-order valence-corrected chi connectivity index (χ4v) is 4.56. The van der Waals surface area contributed by atoms with Crippen molar-refractivity contribution in [3.63, 3.8) is 0 Å². The van der Waals surface area contributed by atoms with Crippen LogP contribution in [0.2, 0.25) is 0 Å². The first-order valence-electron chi connectivity index (χ1n) is 10.1. The van der Waals surface area contributed by atoms with E-state index in [-0.39, 0.29) is 17.1 Å². The molecule has 31 heavy (non-hydrogen) atoms. The minimum atomic E-state index is -3.51. The molecule has 0 radical (unpaired) electrons. The van der Waals surface area contributed by atoms with Gasteiger partial charge in [0.25, 0.3) is 0 Å². The summed E-state index contributed by atoms with van der Waals surface area (Å²) in [6.07, 6.45) is 2.63. The van der Waals surface area contributed by atoms with E-state index in [1.807, 2.05) is 0 Å². The Bertz CT molecular complexity index is 1040. The molecule has 166 valence electrons. The first kappa shape index (κ1) is 22.8. The topological polar surface area (TPSA) is 88.1 Å². The third-order valence-corrected chi connectivity index (χ3v) is 6.42. The highest BCUT2D eigenvalue weighted by Crippen LogP contribution is 2.32. The molecular weight excluding hydrogens is 420 g/mol. The highest BCUT2D eigenvalue weighted by atomic mass is 32.2. The van der Waals surface area contributed by atoms with Crippen LogP contribution >= 0.6 is 0 Å². The van der Waals surface area contributed by atoms with Crippen LogP contribution in [-0.2, 0) is 24.1 Å². The average Bonchev–Trinajstić information content (AvgIpc) is 2.90. The number of carbonyl (C=O) groups is 1. The number of hydrogen-bond donors (Lipinski definition) is 0. The van der Waals surface area contributed by atoms with Gasteiger partial charge in [-0.15, -0.1) is 0 Å². The maximum absolute atomic E-state index is 12.6. The van der Waals surface area contributed by atoms with Gasteiger partial charge in [-0.25, -0.2) is 13.2 Å². The summed E-state index contributed by atoms with van der Waals surface area (Å²) in [5.41, 5.74) is 0.717. The van der Waals surface area contributed by atoms with Gasteiger partial charge in [-0.3, -0.25) is 0 Å². The molecule has 0 amide bonds. The van der Waals surface area contributed by atoms with Crippen LogP contribution in [0.5, 0.6) is 17.2 Å². The van der Waals surface area contributed by atoms with E-state index in [2.05, 4.69) is 6.92 Å². The van der Waals surface area contributed by atoms with Crippen LogP contribution in [0.4, 0.5) is 0 Å². The molecule has 1 heterocycles. The predicted octanol–water partition coefficient (Wildman–Crippen LogP) is 4.02. The van der Waals surface area contributed by atoms with E-state index in [9.17, 15) is 13.2 Å². The molecule has 8 heteroatoms. The third kappa shape index (κ3) is 6.08. The van der Waals surface area contributed by atoms with E-state index < -0.39 is 15.8 Å². The lowest BCUT2D eigenvalue weighted by Gasteiger charge is -2.11. The molecule has 1 aliphatic heterocycles. The summed E-state index contributed by atoms with van der Waals surface area (Å²) in [6.45, 7) is 3.77. The SMILES string of the molecule is CCCOCCOc1ccc(Oc2ccc3c(c2)C=C(C(=O)OC)CCS3(=O)=O)cc1. The van der Waals surface area contributed by atoms with Crippen molar-refractivity contribution in [3.8, 4) is 17.2 Å². The Hall–Kier alpha value is -2.84. The number of fused-ring (bicyclic) bond motifs is 1. The molecule has 0 aromatic heterocycles. The van der Waals surface area contributed by atoms with E-state index in [1.165, 1.54) is 13.2 Å². The number of sulfone groups is 1. The van der Waals surface area contributed by atoms with Gasteiger partial charge in [0.2, 0.25) is 0 Å². The van der Waals surface area contributed by atoms with Crippen molar-refractivity contribution in [2.24, 2.45) is 0 Å². The lowest BCUT2D eigenvalue weighted by molar-refractivity contribution is -0.136. The van der Waals surface area contributed by atoms with Crippen LogP contribution in [-0.4, -0.2) is 47.1 Å². The van der Waals surface area contributed by atoms with Crippen molar-refractivity contribution >= 4 is 21.9 Å². The number of carbonyl (C=O) groups excluding carboxylic acids is 1. The van der Waals surface area contributed by atoms with E-state index in [4.69, 9.17) is 18.9 Å². The molecule has 0 N–H and O–H groups in total. The summed E-state index contributed by atoms with van der Waals surface area (Å²) in [7, 11) is -2.23. The zero-order valence-corrected chi connectivity index (χ0v) is 18.4. The van der Waals surface area contributed by atoms with Crippen LogP contribution in [0.3, 0.4) is 0 Å². The van der Waals surface area contributed by atoms with Crippen LogP contribution in [0, 0.1) is 0 Å². The molecule has 3 rings (SSSR count). The molecular formula is C23H26O7S. The van der Waals surface area contributed by atoms with Gasteiger partial charge in [-0.05, 0) is 66.9 Å². The van der Waals surface area contributed by atoms with E-state index >= 15 is 0 Å². The fraction of sp³-hybridized carbons (Fsp3) is 0.348. The Morgan fingerprint density at radius 3 is 2.39 bits per heavy atom. The summed E-state index contributed by atoms with van der Waals surface area (Å²) in [6, 6.07) is 11.8. The van der Waals surface area contributed by atoms with Crippen molar-refractivity contribution < 1.29 is 32.2 Å². The Kier molecular flexibility index (Phi) is 7.70. The van der Waals surface area contributed by atoms with E-state index in [0.717, 1.165) is 6.42 Å². The zero-order valence-electron chi connectivity index (χ0n) is 17.6. The number of hydrogen-bond acceptors (Lipinski definition) is 7. The first-order chi connectivity index (χ1) is 14.9.